The zero-order chi connectivity index (χ0) is 15.6. The average molecular weight is 294 g/mol. The van der Waals surface area contributed by atoms with Crippen LogP contribution in [-0.4, -0.2) is 52.5 Å². The van der Waals surface area contributed by atoms with Gasteiger partial charge in [-0.25, -0.2) is 0 Å². The molecule has 0 spiro atoms. The van der Waals surface area contributed by atoms with Crippen LogP contribution in [0.3, 0.4) is 0 Å². The van der Waals surface area contributed by atoms with Gasteiger partial charge in [-0.05, 0) is 41.5 Å². The molecule has 1 aromatic rings. The molecule has 5 nitrogen and oxygen atoms in total. The number of aromatic nitrogens is 2. The van der Waals surface area contributed by atoms with Gasteiger partial charge >= 0.3 is 0 Å². The molecule has 2 heterocycles. The van der Waals surface area contributed by atoms with Crippen molar-refractivity contribution < 1.29 is 4.74 Å². The second-order valence-electron chi connectivity index (χ2n) is 6.99. The normalized spacial score (nSPS) is 24.5. The summed E-state index contributed by atoms with van der Waals surface area (Å²) in [5, 5.41) is 10.9. The molecule has 0 saturated carbocycles. The number of nitrogens with one attached hydrogen (secondary N) is 2. The molecule has 0 amide bonds. The lowest BCUT2D eigenvalue weighted by Crippen LogP contribution is -2.58. The fraction of sp³-hybridized carbons (Fsp3) is 0.812. The van der Waals surface area contributed by atoms with Gasteiger partial charge in [0.05, 0.1) is 17.9 Å². The van der Waals surface area contributed by atoms with Gasteiger partial charge in [-0.15, -0.1) is 0 Å². The molecule has 1 aliphatic rings. The van der Waals surface area contributed by atoms with E-state index < -0.39 is 0 Å². The van der Waals surface area contributed by atoms with Gasteiger partial charge in [0, 0.05) is 43.0 Å². The Morgan fingerprint density at radius 3 is 2.43 bits per heavy atom. The van der Waals surface area contributed by atoms with Crippen molar-refractivity contribution >= 4 is 0 Å². The SMILES string of the molecule is Cc1n[nH]c(C)c1CNCC(C)(C)N1C[C@@H](C)O[C@@H](C)C1. The summed E-state index contributed by atoms with van der Waals surface area (Å²) in [7, 11) is 0. The highest BCUT2D eigenvalue weighted by atomic mass is 16.5. The molecule has 5 heteroatoms. The maximum absolute atomic E-state index is 5.83. The Bertz CT molecular complexity index is 439. The minimum Gasteiger partial charge on any atom is -0.373 e. The minimum atomic E-state index is 0.123. The molecule has 120 valence electrons. The summed E-state index contributed by atoms with van der Waals surface area (Å²) in [5.41, 5.74) is 3.66. The Kier molecular flexibility index (Phi) is 5.07. The fourth-order valence-corrected chi connectivity index (χ4v) is 3.11. The highest BCUT2D eigenvalue weighted by Crippen LogP contribution is 2.21. The first-order valence-electron chi connectivity index (χ1n) is 7.91. The Morgan fingerprint density at radius 2 is 1.90 bits per heavy atom. The van der Waals surface area contributed by atoms with Crippen LogP contribution in [0.1, 0.15) is 44.6 Å². The summed E-state index contributed by atoms with van der Waals surface area (Å²) >= 11 is 0. The first-order valence-corrected chi connectivity index (χ1v) is 7.91. The van der Waals surface area contributed by atoms with Gasteiger partial charge in [0.15, 0.2) is 0 Å². The molecule has 2 atom stereocenters. The Labute approximate surface area is 128 Å². The predicted molar refractivity (Wildman–Crippen MR) is 85.4 cm³/mol. The van der Waals surface area contributed by atoms with Crippen molar-refractivity contribution in [3.05, 3.63) is 17.0 Å². The quantitative estimate of drug-likeness (QED) is 0.872. The van der Waals surface area contributed by atoms with Crippen LogP contribution in [0.5, 0.6) is 0 Å². The highest BCUT2D eigenvalue weighted by Gasteiger charge is 2.32. The van der Waals surface area contributed by atoms with Crippen LogP contribution in [0.15, 0.2) is 0 Å². The van der Waals surface area contributed by atoms with Crippen molar-refractivity contribution in [3.63, 3.8) is 0 Å². The zero-order valence-electron chi connectivity index (χ0n) is 14.3. The van der Waals surface area contributed by atoms with E-state index in [-0.39, 0.29) is 5.54 Å². The molecule has 21 heavy (non-hydrogen) atoms. The molecular formula is C16H30N4O. The molecule has 0 aromatic carbocycles. The van der Waals surface area contributed by atoms with Crippen molar-refractivity contribution in [1.82, 2.24) is 20.4 Å². The highest BCUT2D eigenvalue weighted by molar-refractivity contribution is 5.22. The second-order valence-corrected chi connectivity index (χ2v) is 6.99. The van der Waals surface area contributed by atoms with Crippen LogP contribution in [0, 0.1) is 13.8 Å². The van der Waals surface area contributed by atoms with Crippen molar-refractivity contribution in [3.8, 4) is 0 Å². The lowest BCUT2D eigenvalue weighted by Gasteiger charge is -2.45. The molecule has 1 saturated heterocycles. The summed E-state index contributed by atoms with van der Waals surface area (Å²) in [4.78, 5) is 2.54. The molecule has 0 radical (unpaired) electrons. The van der Waals surface area contributed by atoms with Gasteiger partial charge in [-0.2, -0.15) is 5.10 Å². The van der Waals surface area contributed by atoms with Gasteiger partial charge in [0.1, 0.15) is 0 Å². The van der Waals surface area contributed by atoms with Crippen molar-refractivity contribution in [1.29, 1.82) is 0 Å². The summed E-state index contributed by atoms with van der Waals surface area (Å²) < 4.78 is 5.83. The molecule has 0 aliphatic carbocycles. The third-order valence-electron chi connectivity index (χ3n) is 4.42. The third kappa shape index (κ3) is 4.05. The van der Waals surface area contributed by atoms with E-state index in [1.54, 1.807) is 0 Å². The average Bonchev–Trinajstić information content (AvgIpc) is 2.69. The monoisotopic (exact) mass is 294 g/mol. The van der Waals surface area contributed by atoms with Crippen LogP contribution < -0.4 is 5.32 Å². The number of ether oxygens (including phenoxy) is 1. The zero-order valence-corrected chi connectivity index (χ0v) is 14.3. The van der Waals surface area contributed by atoms with Gasteiger partial charge in [0.2, 0.25) is 0 Å². The first-order chi connectivity index (χ1) is 9.79. The van der Waals surface area contributed by atoms with Gasteiger partial charge < -0.3 is 10.1 Å². The van der Waals surface area contributed by atoms with E-state index in [1.165, 1.54) is 5.56 Å². The largest absolute Gasteiger partial charge is 0.373 e. The number of rotatable bonds is 5. The van der Waals surface area contributed by atoms with Crippen molar-refractivity contribution in [2.75, 3.05) is 19.6 Å². The molecule has 2 N–H and O–H groups in total. The summed E-state index contributed by atoms with van der Waals surface area (Å²) in [5.74, 6) is 0. The molecule has 0 bridgehead atoms. The van der Waals surface area contributed by atoms with Crippen LogP contribution in [0.25, 0.3) is 0 Å². The molecule has 1 aromatic heterocycles. The number of nitrogens with zero attached hydrogens (tertiary/aromatic N) is 2. The van der Waals surface area contributed by atoms with Crippen molar-refractivity contribution in [2.24, 2.45) is 0 Å². The van der Waals surface area contributed by atoms with Gasteiger partial charge in [-0.1, -0.05) is 0 Å². The molecule has 2 rings (SSSR count). The van der Waals surface area contributed by atoms with Crippen LogP contribution in [-0.2, 0) is 11.3 Å². The molecular weight excluding hydrogens is 264 g/mol. The maximum Gasteiger partial charge on any atom is 0.0678 e. The van der Waals surface area contributed by atoms with Crippen LogP contribution in [0.4, 0.5) is 0 Å². The second kappa shape index (κ2) is 6.46. The number of morpholine rings is 1. The lowest BCUT2D eigenvalue weighted by atomic mass is 10.00. The number of aryl methyl sites for hydroxylation is 2. The van der Waals surface area contributed by atoms with Gasteiger partial charge in [0.25, 0.3) is 0 Å². The number of aromatic amines is 1. The summed E-state index contributed by atoms with van der Waals surface area (Å²) in [6.07, 6.45) is 0.623. The number of hydrogen-bond donors (Lipinski definition) is 2. The number of H-pyrrole nitrogens is 1. The van der Waals surface area contributed by atoms with E-state index in [4.69, 9.17) is 4.74 Å². The van der Waals surface area contributed by atoms with E-state index in [0.717, 1.165) is 37.6 Å². The number of hydrogen-bond acceptors (Lipinski definition) is 4. The van der Waals surface area contributed by atoms with Crippen LogP contribution in [0.2, 0.25) is 0 Å². The third-order valence-corrected chi connectivity index (χ3v) is 4.42. The maximum atomic E-state index is 5.83. The molecule has 1 aliphatic heterocycles. The summed E-state index contributed by atoms with van der Waals surface area (Å²) in [6, 6.07) is 0. The lowest BCUT2D eigenvalue weighted by molar-refractivity contribution is -0.0952. The van der Waals surface area contributed by atoms with Gasteiger partial charge in [-0.3, -0.25) is 10.00 Å². The molecule has 0 unspecified atom stereocenters. The summed E-state index contributed by atoms with van der Waals surface area (Å²) in [6.45, 7) is 16.9. The van der Waals surface area contributed by atoms with E-state index in [1.807, 2.05) is 0 Å². The van der Waals surface area contributed by atoms with E-state index in [9.17, 15) is 0 Å². The Morgan fingerprint density at radius 1 is 1.29 bits per heavy atom. The predicted octanol–water partition coefficient (Wildman–Crippen LogP) is 2.00. The smallest absolute Gasteiger partial charge is 0.0678 e. The topological polar surface area (TPSA) is 53.2 Å². The molecule has 1 fully saturated rings. The van der Waals surface area contributed by atoms with Crippen molar-refractivity contribution in [2.45, 2.75) is 65.8 Å². The Balaban J connectivity index is 1.89. The fourth-order valence-electron chi connectivity index (χ4n) is 3.11. The first kappa shape index (κ1) is 16.5. The standard InChI is InChI=1S/C16H30N4O/c1-11-8-20(9-12(2)21-11)16(5,6)10-17-7-15-13(3)18-19-14(15)4/h11-12,17H,7-10H2,1-6H3,(H,18,19)/t11-,12+. The van der Waals surface area contributed by atoms with E-state index in [2.05, 4.69) is 62.0 Å². The van der Waals surface area contributed by atoms with Crippen LogP contribution >= 0.6 is 0 Å². The van der Waals surface area contributed by atoms with E-state index in [0.29, 0.717) is 12.2 Å². The Hall–Kier alpha value is -0.910. The minimum absolute atomic E-state index is 0.123. The van der Waals surface area contributed by atoms with E-state index >= 15 is 0 Å².